The molecule has 1 aromatic carbocycles. The van der Waals surface area contributed by atoms with Gasteiger partial charge in [-0.2, -0.15) is 0 Å². The number of hydrogen-bond donors (Lipinski definition) is 2. The fraction of sp³-hybridized carbons (Fsp3) is 0.500. The van der Waals surface area contributed by atoms with Crippen molar-refractivity contribution in [1.82, 2.24) is 5.32 Å². The maximum absolute atomic E-state index is 12.9. The summed E-state index contributed by atoms with van der Waals surface area (Å²) in [5, 5.41) is 3.47. The molecular formula is C12H17FN2. The highest BCUT2D eigenvalue weighted by Crippen LogP contribution is 2.16. The number of halogens is 1. The zero-order chi connectivity index (χ0) is 10.7. The van der Waals surface area contributed by atoms with E-state index in [1.807, 2.05) is 6.07 Å². The fourth-order valence-corrected chi connectivity index (χ4v) is 2.10. The average molecular weight is 208 g/mol. The topological polar surface area (TPSA) is 38.0 Å². The summed E-state index contributed by atoms with van der Waals surface area (Å²) in [5.74, 6) is -0.324. The molecule has 1 saturated heterocycles. The molecular weight excluding hydrogens is 191 g/mol. The van der Waals surface area contributed by atoms with Gasteiger partial charge in [-0.05, 0) is 43.5 Å². The van der Waals surface area contributed by atoms with Gasteiger partial charge in [-0.25, -0.2) is 4.39 Å². The van der Waals surface area contributed by atoms with Gasteiger partial charge in [0.25, 0.3) is 0 Å². The van der Waals surface area contributed by atoms with Gasteiger partial charge in [0.05, 0.1) is 5.69 Å². The van der Waals surface area contributed by atoms with Crippen LogP contribution in [0.3, 0.4) is 0 Å². The van der Waals surface area contributed by atoms with Crippen molar-refractivity contribution >= 4 is 5.69 Å². The molecule has 2 rings (SSSR count). The third-order valence-corrected chi connectivity index (χ3v) is 2.95. The van der Waals surface area contributed by atoms with Crippen molar-refractivity contribution in [1.29, 1.82) is 0 Å². The number of benzene rings is 1. The number of piperidine rings is 1. The Morgan fingerprint density at radius 3 is 2.93 bits per heavy atom. The minimum Gasteiger partial charge on any atom is -0.396 e. The summed E-state index contributed by atoms with van der Waals surface area (Å²) in [7, 11) is 0. The lowest BCUT2D eigenvalue weighted by Crippen LogP contribution is -2.35. The number of rotatable bonds is 2. The van der Waals surface area contributed by atoms with Gasteiger partial charge in [0, 0.05) is 6.04 Å². The van der Waals surface area contributed by atoms with Crippen molar-refractivity contribution < 1.29 is 4.39 Å². The molecule has 0 spiro atoms. The first kappa shape index (κ1) is 10.4. The molecule has 0 amide bonds. The van der Waals surface area contributed by atoms with E-state index in [1.54, 1.807) is 6.07 Å². The Labute approximate surface area is 89.7 Å². The highest BCUT2D eigenvalue weighted by atomic mass is 19.1. The van der Waals surface area contributed by atoms with Crippen molar-refractivity contribution in [2.24, 2.45) is 0 Å². The fourth-order valence-electron chi connectivity index (χ4n) is 2.10. The molecule has 15 heavy (non-hydrogen) atoms. The van der Waals surface area contributed by atoms with Gasteiger partial charge in [0.1, 0.15) is 5.82 Å². The zero-order valence-corrected chi connectivity index (χ0v) is 8.80. The lowest BCUT2D eigenvalue weighted by Gasteiger charge is -2.23. The molecule has 0 radical (unpaired) electrons. The van der Waals surface area contributed by atoms with E-state index in [4.69, 9.17) is 5.73 Å². The van der Waals surface area contributed by atoms with Crippen molar-refractivity contribution in [2.75, 3.05) is 12.3 Å². The van der Waals surface area contributed by atoms with Crippen molar-refractivity contribution in [2.45, 2.75) is 31.7 Å². The van der Waals surface area contributed by atoms with E-state index in [2.05, 4.69) is 5.32 Å². The molecule has 3 N–H and O–H groups in total. The maximum Gasteiger partial charge on any atom is 0.146 e. The van der Waals surface area contributed by atoms with E-state index >= 15 is 0 Å². The highest BCUT2D eigenvalue weighted by molar-refractivity contribution is 5.42. The van der Waals surface area contributed by atoms with Crippen LogP contribution in [0.15, 0.2) is 18.2 Å². The van der Waals surface area contributed by atoms with Gasteiger partial charge in [-0.1, -0.05) is 12.5 Å². The molecule has 1 fully saturated rings. The van der Waals surface area contributed by atoms with Crippen molar-refractivity contribution in [3.8, 4) is 0 Å². The molecule has 1 aliphatic rings. The van der Waals surface area contributed by atoms with E-state index in [-0.39, 0.29) is 11.5 Å². The van der Waals surface area contributed by atoms with E-state index in [0.717, 1.165) is 18.5 Å². The quantitative estimate of drug-likeness (QED) is 0.730. The Morgan fingerprint density at radius 1 is 1.40 bits per heavy atom. The van der Waals surface area contributed by atoms with Crippen LogP contribution in [0.4, 0.5) is 10.1 Å². The van der Waals surface area contributed by atoms with E-state index < -0.39 is 0 Å². The molecule has 82 valence electrons. The molecule has 2 nitrogen and oxygen atoms in total. The predicted octanol–water partition coefficient (Wildman–Crippen LogP) is 2.09. The molecule has 0 aliphatic carbocycles. The van der Waals surface area contributed by atoms with Crippen LogP contribution in [0.5, 0.6) is 0 Å². The number of nitrogen functional groups attached to an aromatic ring is 1. The molecule has 1 aromatic rings. The summed E-state index contributed by atoms with van der Waals surface area (Å²) in [6, 6.07) is 5.55. The first-order valence-electron chi connectivity index (χ1n) is 5.53. The standard InChI is InChI=1S/C12H17FN2/c13-11-5-4-9(8-12(11)14)7-10-3-1-2-6-15-10/h4-5,8,10,15H,1-3,6-7,14H2. The van der Waals surface area contributed by atoms with Gasteiger partial charge in [-0.15, -0.1) is 0 Å². The van der Waals surface area contributed by atoms with Crippen LogP contribution in [0, 0.1) is 5.82 Å². The van der Waals surface area contributed by atoms with Crippen molar-refractivity contribution in [3.63, 3.8) is 0 Å². The minimum atomic E-state index is -0.324. The third kappa shape index (κ3) is 2.69. The first-order valence-corrected chi connectivity index (χ1v) is 5.53. The van der Waals surface area contributed by atoms with Crippen LogP contribution < -0.4 is 11.1 Å². The smallest absolute Gasteiger partial charge is 0.146 e. The van der Waals surface area contributed by atoms with E-state index in [1.165, 1.54) is 25.3 Å². The summed E-state index contributed by atoms with van der Waals surface area (Å²) < 4.78 is 12.9. The lowest BCUT2D eigenvalue weighted by atomic mass is 9.97. The monoisotopic (exact) mass is 208 g/mol. The molecule has 0 saturated carbocycles. The summed E-state index contributed by atoms with van der Waals surface area (Å²) in [5.41, 5.74) is 6.90. The van der Waals surface area contributed by atoms with Gasteiger partial charge >= 0.3 is 0 Å². The Kier molecular flexibility index (Phi) is 3.21. The summed E-state index contributed by atoms with van der Waals surface area (Å²) in [4.78, 5) is 0. The maximum atomic E-state index is 12.9. The second-order valence-electron chi connectivity index (χ2n) is 4.21. The van der Waals surface area contributed by atoms with E-state index in [0.29, 0.717) is 6.04 Å². The molecule has 1 unspecified atom stereocenters. The lowest BCUT2D eigenvalue weighted by molar-refractivity contribution is 0.399. The largest absolute Gasteiger partial charge is 0.396 e. The number of hydrogen-bond acceptors (Lipinski definition) is 2. The summed E-state index contributed by atoms with van der Waals surface area (Å²) >= 11 is 0. The van der Waals surface area contributed by atoms with Crippen LogP contribution in [0.25, 0.3) is 0 Å². The van der Waals surface area contributed by atoms with Gasteiger partial charge < -0.3 is 11.1 Å². The van der Waals surface area contributed by atoms with Gasteiger partial charge in [-0.3, -0.25) is 0 Å². The summed E-state index contributed by atoms with van der Waals surface area (Å²) in [6.07, 6.45) is 4.71. The van der Waals surface area contributed by atoms with Crippen LogP contribution in [0.1, 0.15) is 24.8 Å². The van der Waals surface area contributed by atoms with Gasteiger partial charge in [0.2, 0.25) is 0 Å². The average Bonchev–Trinajstić information content (AvgIpc) is 2.25. The summed E-state index contributed by atoms with van der Waals surface area (Å²) in [6.45, 7) is 1.10. The zero-order valence-electron chi connectivity index (χ0n) is 8.80. The molecule has 0 bridgehead atoms. The Bertz CT molecular complexity index is 332. The Morgan fingerprint density at radius 2 is 2.27 bits per heavy atom. The number of nitrogens with two attached hydrogens (primary N) is 1. The van der Waals surface area contributed by atoms with Crippen LogP contribution in [-0.4, -0.2) is 12.6 Å². The molecule has 3 heteroatoms. The van der Waals surface area contributed by atoms with E-state index in [9.17, 15) is 4.39 Å². The van der Waals surface area contributed by atoms with Gasteiger partial charge in [0.15, 0.2) is 0 Å². The molecule has 1 atom stereocenters. The van der Waals surface area contributed by atoms with Crippen LogP contribution in [-0.2, 0) is 6.42 Å². The van der Waals surface area contributed by atoms with Crippen LogP contribution in [0.2, 0.25) is 0 Å². The molecule has 1 aliphatic heterocycles. The molecule has 1 heterocycles. The number of anilines is 1. The second kappa shape index (κ2) is 4.62. The molecule has 0 aromatic heterocycles. The Balaban J connectivity index is 2.00. The number of nitrogens with one attached hydrogen (secondary N) is 1. The third-order valence-electron chi connectivity index (χ3n) is 2.95. The van der Waals surface area contributed by atoms with Crippen molar-refractivity contribution in [3.05, 3.63) is 29.6 Å². The predicted molar refractivity (Wildman–Crippen MR) is 60.2 cm³/mol. The highest BCUT2D eigenvalue weighted by Gasteiger charge is 2.13. The second-order valence-corrected chi connectivity index (χ2v) is 4.21. The van der Waals surface area contributed by atoms with Crippen LogP contribution >= 0.6 is 0 Å². The normalized spacial score (nSPS) is 21.5. The Hall–Kier alpha value is -1.09. The first-order chi connectivity index (χ1) is 7.25. The SMILES string of the molecule is Nc1cc(CC2CCCCN2)ccc1F. The minimum absolute atomic E-state index is 0.253.